The number of likely N-dealkylation sites (N-methyl/N-ethyl adjacent to an activating group) is 1. The van der Waals surface area contributed by atoms with Gasteiger partial charge >= 0.3 is 0 Å². The van der Waals surface area contributed by atoms with E-state index in [4.69, 9.17) is 5.73 Å². The molecular weight excluding hydrogens is 309 g/mol. The van der Waals surface area contributed by atoms with Crippen LogP contribution in [0.4, 0.5) is 4.39 Å². The van der Waals surface area contributed by atoms with Crippen LogP contribution in [0.2, 0.25) is 0 Å². The number of likely N-dealkylation sites (tertiary alicyclic amines) is 1. The number of carbonyl (C=O) groups is 2. The Kier molecular flexibility index (Phi) is 4.58. The number of rotatable bonds is 5. The lowest BCUT2D eigenvalue weighted by atomic mass is 9.99. The number of primary amides is 1. The van der Waals surface area contributed by atoms with Crippen molar-refractivity contribution in [3.05, 3.63) is 35.6 Å². The van der Waals surface area contributed by atoms with Gasteiger partial charge in [-0.05, 0) is 38.3 Å². The highest BCUT2D eigenvalue weighted by Crippen LogP contribution is 2.47. The smallest absolute Gasteiger partial charge is 0.238 e. The zero-order valence-electron chi connectivity index (χ0n) is 14.0. The van der Waals surface area contributed by atoms with Gasteiger partial charge in [-0.3, -0.25) is 14.5 Å². The second kappa shape index (κ2) is 6.51. The molecule has 2 N–H and O–H groups in total. The first kappa shape index (κ1) is 16.9. The fourth-order valence-electron chi connectivity index (χ4n) is 3.55. The Balaban J connectivity index is 1.64. The molecule has 130 valence electrons. The first-order chi connectivity index (χ1) is 11.4. The molecule has 1 atom stereocenters. The predicted octanol–water partition coefficient (Wildman–Crippen LogP) is 1.51. The molecule has 6 heteroatoms. The molecule has 5 nitrogen and oxygen atoms in total. The van der Waals surface area contributed by atoms with Gasteiger partial charge in [-0.25, -0.2) is 4.39 Å². The first-order valence-corrected chi connectivity index (χ1v) is 8.47. The van der Waals surface area contributed by atoms with Crippen LogP contribution in [0, 0.1) is 11.2 Å². The molecule has 2 amide bonds. The molecule has 1 saturated carbocycles. The van der Waals surface area contributed by atoms with E-state index in [1.165, 1.54) is 6.07 Å². The normalized spacial score (nSPS) is 22.8. The van der Waals surface area contributed by atoms with Crippen LogP contribution in [0.5, 0.6) is 0 Å². The Labute approximate surface area is 141 Å². The molecule has 1 unspecified atom stereocenters. The monoisotopic (exact) mass is 333 g/mol. The minimum Gasteiger partial charge on any atom is -0.369 e. The second-order valence-electron chi connectivity index (χ2n) is 6.98. The third-order valence-corrected chi connectivity index (χ3v) is 5.33. The van der Waals surface area contributed by atoms with Crippen LogP contribution in [0.3, 0.4) is 0 Å². The molecule has 1 heterocycles. The quantitative estimate of drug-likeness (QED) is 0.831. The number of hydrogen-bond donors (Lipinski definition) is 1. The van der Waals surface area contributed by atoms with Crippen molar-refractivity contribution in [3.8, 4) is 0 Å². The van der Waals surface area contributed by atoms with Crippen molar-refractivity contribution < 1.29 is 14.0 Å². The Hall–Kier alpha value is -1.95. The highest BCUT2D eigenvalue weighted by Gasteiger charge is 2.57. The minimum absolute atomic E-state index is 0.0369. The number of nitrogens with two attached hydrogens (primary N) is 1. The SMILES string of the molecule is CN(C(=O)C1(C(N)=O)CC1)C1CCCN(Cc2ccccc2F)C1. The van der Waals surface area contributed by atoms with E-state index in [0.29, 0.717) is 31.5 Å². The fourth-order valence-corrected chi connectivity index (χ4v) is 3.55. The number of benzene rings is 1. The van der Waals surface area contributed by atoms with Gasteiger partial charge in [0.25, 0.3) is 0 Å². The summed E-state index contributed by atoms with van der Waals surface area (Å²) in [5.74, 6) is -0.874. The molecule has 3 rings (SSSR count). The van der Waals surface area contributed by atoms with E-state index in [1.54, 1.807) is 24.1 Å². The van der Waals surface area contributed by atoms with Crippen LogP contribution in [0.1, 0.15) is 31.2 Å². The molecule has 1 aliphatic heterocycles. The topological polar surface area (TPSA) is 66.6 Å². The summed E-state index contributed by atoms with van der Waals surface area (Å²) in [6.45, 7) is 2.10. The van der Waals surface area contributed by atoms with Gasteiger partial charge in [-0.15, -0.1) is 0 Å². The standard InChI is InChI=1S/C18H24FN3O2/c1-21(17(24)18(8-9-18)16(20)23)14-6-4-10-22(12-14)11-13-5-2-3-7-15(13)19/h2-3,5,7,14H,4,6,8-12H2,1H3,(H2,20,23). The zero-order valence-corrected chi connectivity index (χ0v) is 14.0. The summed E-state index contributed by atoms with van der Waals surface area (Å²) in [5.41, 5.74) is 5.11. The predicted molar refractivity (Wildman–Crippen MR) is 88.3 cm³/mol. The van der Waals surface area contributed by atoms with E-state index >= 15 is 0 Å². The maximum atomic E-state index is 13.8. The lowest BCUT2D eigenvalue weighted by molar-refractivity contribution is -0.144. The van der Waals surface area contributed by atoms with Crippen molar-refractivity contribution in [3.63, 3.8) is 0 Å². The van der Waals surface area contributed by atoms with Crippen LogP contribution >= 0.6 is 0 Å². The van der Waals surface area contributed by atoms with Crippen LogP contribution in [0.25, 0.3) is 0 Å². The highest BCUT2D eigenvalue weighted by molar-refractivity contribution is 6.07. The molecule has 0 bridgehead atoms. The van der Waals surface area contributed by atoms with Crippen molar-refractivity contribution in [2.45, 2.75) is 38.3 Å². The van der Waals surface area contributed by atoms with E-state index < -0.39 is 11.3 Å². The Morgan fingerprint density at radius 3 is 2.71 bits per heavy atom. The molecule has 0 radical (unpaired) electrons. The second-order valence-corrected chi connectivity index (χ2v) is 6.98. The van der Waals surface area contributed by atoms with Gasteiger partial charge in [0.15, 0.2) is 0 Å². The molecule has 24 heavy (non-hydrogen) atoms. The Bertz CT molecular complexity index is 645. The minimum atomic E-state index is -0.970. The van der Waals surface area contributed by atoms with Crippen molar-refractivity contribution in [1.82, 2.24) is 9.80 Å². The molecule has 2 fully saturated rings. The summed E-state index contributed by atoms with van der Waals surface area (Å²) in [7, 11) is 1.75. The van der Waals surface area contributed by atoms with Crippen LogP contribution in [0.15, 0.2) is 24.3 Å². The van der Waals surface area contributed by atoms with Crippen LogP contribution in [-0.2, 0) is 16.1 Å². The van der Waals surface area contributed by atoms with Gasteiger partial charge in [0, 0.05) is 31.7 Å². The third-order valence-electron chi connectivity index (χ3n) is 5.33. The van der Waals surface area contributed by atoms with Crippen molar-refractivity contribution >= 4 is 11.8 Å². The summed E-state index contributed by atoms with van der Waals surface area (Å²) >= 11 is 0. The number of halogens is 1. The fraction of sp³-hybridized carbons (Fsp3) is 0.556. The number of carbonyl (C=O) groups excluding carboxylic acids is 2. The molecule has 2 aliphatic rings. The largest absolute Gasteiger partial charge is 0.369 e. The van der Waals surface area contributed by atoms with E-state index in [-0.39, 0.29) is 17.8 Å². The molecule has 1 aromatic rings. The molecule has 0 aromatic heterocycles. The number of hydrogen-bond acceptors (Lipinski definition) is 3. The number of piperidine rings is 1. The summed E-state index contributed by atoms with van der Waals surface area (Å²) < 4.78 is 13.8. The van der Waals surface area contributed by atoms with E-state index in [1.807, 2.05) is 6.07 Å². The molecule has 1 aliphatic carbocycles. The molecule has 1 aromatic carbocycles. The summed E-state index contributed by atoms with van der Waals surface area (Å²) in [4.78, 5) is 28.1. The molecular formula is C18H24FN3O2. The van der Waals surface area contributed by atoms with Crippen LogP contribution in [-0.4, -0.2) is 47.8 Å². The summed E-state index contributed by atoms with van der Waals surface area (Å²) in [6, 6.07) is 6.81. The van der Waals surface area contributed by atoms with Crippen molar-refractivity contribution in [2.24, 2.45) is 11.1 Å². The maximum absolute atomic E-state index is 13.8. The maximum Gasteiger partial charge on any atom is 0.238 e. The van der Waals surface area contributed by atoms with Gasteiger partial charge in [-0.1, -0.05) is 18.2 Å². The Morgan fingerprint density at radius 1 is 1.38 bits per heavy atom. The number of amides is 2. The van der Waals surface area contributed by atoms with E-state index in [9.17, 15) is 14.0 Å². The molecule has 0 spiro atoms. The van der Waals surface area contributed by atoms with E-state index in [2.05, 4.69) is 4.90 Å². The van der Waals surface area contributed by atoms with Gasteiger partial charge < -0.3 is 10.6 Å². The van der Waals surface area contributed by atoms with Gasteiger partial charge in [0.2, 0.25) is 11.8 Å². The average molecular weight is 333 g/mol. The van der Waals surface area contributed by atoms with Gasteiger partial charge in [-0.2, -0.15) is 0 Å². The lowest BCUT2D eigenvalue weighted by Gasteiger charge is -2.38. The lowest BCUT2D eigenvalue weighted by Crippen LogP contribution is -2.52. The third kappa shape index (κ3) is 3.15. The zero-order chi connectivity index (χ0) is 17.3. The summed E-state index contributed by atoms with van der Waals surface area (Å²) in [6.07, 6.45) is 2.94. The van der Waals surface area contributed by atoms with Gasteiger partial charge in [0.05, 0.1) is 0 Å². The van der Waals surface area contributed by atoms with Crippen molar-refractivity contribution in [2.75, 3.05) is 20.1 Å². The van der Waals surface area contributed by atoms with Gasteiger partial charge in [0.1, 0.15) is 11.2 Å². The first-order valence-electron chi connectivity index (χ1n) is 8.47. The summed E-state index contributed by atoms with van der Waals surface area (Å²) in [5, 5.41) is 0. The number of nitrogens with zero attached hydrogens (tertiary/aromatic N) is 2. The Morgan fingerprint density at radius 2 is 2.08 bits per heavy atom. The van der Waals surface area contributed by atoms with Crippen LogP contribution < -0.4 is 5.73 Å². The van der Waals surface area contributed by atoms with Crippen molar-refractivity contribution in [1.29, 1.82) is 0 Å². The molecule has 1 saturated heterocycles. The average Bonchev–Trinajstić information content (AvgIpc) is 3.38. The van der Waals surface area contributed by atoms with E-state index in [0.717, 1.165) is 19.4 Å². The highest BCUT2D eigenvalue weighted by atomic mass is 19.1.